The molecule has 0 heterocycles. The molecule has 3 nitrogen and oxygen atoms in total. The monoisotopic (exact) mass is 326 g/mol. The summed E-state index contributed by atoms with van der Waals surface area (Å²) in [6.45, 7) is 6.55. The Hall–Kier alpha value is -1.66. The molecule has 0 saturated heterocycles. The van der Waals surface area contributed by atoms with Gasteiger partial charge < -0.3 is 5.11 Å². The van der Waals surface area contributed by atoms with Crippen molar-refractivity contribution in [2.24, 2.45) is 22.2 Å². The average molecular weight is 326 g/mol. The van der Waals surface area contributed by atoms with Crippen molar-refractivity contribution in [3.63, 3.8) is 0 Å². The summed E-state index contributed by atoms with van der Waals surface area (Å²) in [6, 6.07) is 7.55. The number of aliphatic hydroxyl groups is 1. The van der Waals surface area contributed by atoms with E-state index in [1.165, 1.54) is 38.5 Å². The number of nitrogens with zero attached hydrogens (tertiary/aromatic N) is 2. The molecule has 0 radical (unpaired) electrons. The second kappa shape index (κ2) is 8.44. The van der Waals surface area contributed by atoms with E-state index in [1.807, 2.05) is 26.0 Å². The van der Waals surface area contributed by atoms with E-state index < -0.39 is 0 Å². The number of aryl methyl sites for hydroxylation is 1. The maximum atomic E-state index is 9.09. The van der Waals surface area contributed by atoms with Crippen LogP contribution in [0.3, 0.4) is 0 Å². The van der Waals surface area contributed by atoms with E-state index in [2.05, 4.69) is 18.0 Å². The Morgan fingerprint density at radius 1 is 1.38 bits per heavy atom. The van der Waals surface area contributed by atoms with Gasteiger partial charge in [-0.05, 0) is 87.0 Å². The summed E-state index contributed by atoms with van der Waals surface area (Å²) in [7, 11) is 0. The summed E-state index contributed by atoms with van der Waals surface area (Å²) in [6.07, 6.45) is 10.0. The van der Waals surface area contributed by atoms with Gasteiger partial charge in [0, 0.05) is 12.8 Å². The predicted octanol–water partition coefficient (Wildman–Crippen LogP) is 5.17. The Bertz CT molecular complexity index is 611. The summed E-state index contributed by atoms with van der Waals surface area (Å²) in [5, 5.41) is 17.7. The third kappa shape index (κ3) is 4.45. The molecule has 24 heavy (non-hydrogen) atoms. The van der Waals surface area contributed by atoms with E-state index in [4.69, 9.17) is 10.4 Å². The van der Waals surface area contributed by atoms with Gasteiger partial charge >= 0.3 is 0 Å². The maximum absolute atomic E-state index is 9.09. The van der Waals surface area contributed by atoms with Gasteiger partial charge in [0.1, 0.15) is 0 Å². The molecule has 2 aliphatic carbocycles. The lowest BCUT2D eigenvalue weighted by atomic mass is 9.71. The van der Waals surface area contributed by atoms with Crippen molar-refractivity contribution in [3.05, 3.63) is 29.3 Å². The highest BCUT2D eigenvalue weighted by molar-refractivity contribution is 5.63. The van der Waals surface area contributed by atoms with Crippen LogP contribution < -0.4 is 0 Å². The highest BCUT2D eigenvalue weighted by Crippen LogP contribution is 2.61. The molecule has 130 valence electrons. The number of hydrogen-bond acceptors (Lipinski definition) is 3. The molecule has 2 atom stereocenters. The number of hydrogen-bond donors (Lipinski definition) is 1. The van der Waals surface area contributed by atoms with Crippen LogP contribution in [-0.2, 0) is 0 Å². The van der Waals surface area contributed by atoms with Crippen molar-refractivity contribution in [2.75, 3.05) is 6.61 Å². The normalized spacial score (nSPS) is 24.3. The molecular weight excluding hydrogens is 296 g/mol. The van der Waals surface area contributed by atoms with Crippen molar-refractivity contribution in [2.45, 2.75) is 59.3 Å². The summed E-state index contributed by atoms with van der Waals surface area (Å²) in [5.74, 6) is 1.56. The van der Waals surface area contributed by atoms with Crippen LogP contribution in [0.5, 0.6) is 0 Å². The molecule has 0 aliphatic heterocycles. The lowest BCUT2D eigenvalue weighted by Gasteiger charge is -2.35. The van der Waals surface area contributed by atoms with Gasteiger partial charge in [0.15, 0.2) is 0 Å². The molecule has 1 aromatic rings. The fourth-order valence-electron chi connectivity index (χ4n) is 4.06. The lowest BCUT2D eigenvalue weighted by Crippen LogP contribution is -2.27. The second-order valence-electron chi connectivity index (χ2n) is 7.29. The third-order valence-corrected chi connectivity index (χ3v) is 5.77. The molecule has 1 spiro atoms. The molecule has 0 amide bonds. The SMILES string of the molecule is CC=Nc1ccc(C#N)cc1C.CC[C@H]1CC(CO)CCC12CC2. The van der Waals surface area contributed by atoms with Gasteiger partial charge in [-0.15, -0.1) is 0 Å². The fraction of sp³-hybridized carbons (Fsp3) is 0.619. The van der Waals surface area contributed by atoms with Crippen LogP contribution in [-0.4, -0.2) is 17.9 Å². The van der Waals surface area contributed by atoms with Crippen molar-refractivity contribution < 1.29 is 5.11 Å². The minimum Gasteiger partial charge on any atom is -0.396 e. The highest BCUT2D eigenvalue weighted by atomic mass is 16.3. The quantitative estimate of drug-likeness (QED) is 0.779. The Balaban J connectivity index is 0.000000174. The molecule has 2 saturated carbocycles. The Labute approximate surface area is 146 Å². The summed E-state index contributed by atoms with van der Waals surface area (Å²) in [5.41, 5.74) is 3.41. The fourth-order valence-corrected chi connectivity index (χ4v) is 4.06. The molecule has 2 fully saturated rings. The van der Waals surface area contributed by atoms with Crippen molar-refractivity contribution >= 4 is 11.9 Å². The average Bonchev–Trinajstić information content (AvgIpc) is 3.38. The van der Waals surface area contributed by atoms with Crippen molar-refractivity contribution in [3.8, 4) is 6.07 Å². The van der Waals surface area contributed by atoms with Gasteiger partial charge in [-0.1, -0.05) is 13.3 Å². The summed E-state index contributed by atoms with van der Waals surface area (Å²) >= 11 is 0. The highest BCUT2D eigenvalue weighted by Gasteiger charge is 2.50. The van der Waals surface area contributed by atoms with Gasteiger partial charge in [0.05, 0.1) is 17.3 Å². The number of benzene rings is 1. The number of aliphatic hydroxyl groups excluding tert-OH is 1. The molecule has 0 aromatic heterocycles. The first-order valence-corrected chi connectivity index (χ1v) is 9.18. The molecule has 1 N–H and O–H groups in total. The van der Waals surface area contributed by atoms with Crippen LogP contribution in [0.15, 0.2) is 23.2 Å². The van der Waals surface area contributed by atoms with Crippen molar-refractivity contribution in [1.82, 2.24) is 0 Å². The molecule has 3 rings (SSSR count). The van der Waals surface area contributed by atoms with Crippen LogP contribution >= 0.6 is 0 Å². The molecule has 3 heteroatoms. The Morgan fingerprint density at radius 2 is 2.12 bits per heavy atom. The van der Waals surface area contributed by atoms with E-state index in [0.717, 1.165) is 22.6 Å². The largest absolute Gasteiger partial charge is 0.396 e. The smallest absolute Gasteiger partial charge is 0.0991 e. The van der Waals surface area contributed by atoms with E-state index >= 15 is 0 Å². The molecule has 1 aromatic carbocycles. The van der Waals surface area contributed by atoms with Crippen LogP contribution in [0.4, 0.5) is 5.69 Å². The second-order valence-corrected chi connectivity index (χ2v) is 7.29. The van der Waals surface area contributed by atoms with Gasteiger partial charge in [0.25, 0.3) is 0 Å². The van der Waals surface area contributed by atoms with Crippen LogP contribution in [0.25, 0.3) is 0 Å². The van der Waals surface area contributed by atoms with E-state index in [-0.39, 0.29) is 0 Å². The number of nitriles is 1. The van der Waals surface area contributed by atoms with Gasteiger partial charge in [0.2, 0.25) is 0 Å². The van der Waals surface area contributed by atoms with Gasteiger partial charge in [-0.3, -0.25) is 4.99 Å². The van der Waals surface area contributed by atoms with Crippen LogP contribution in [0.1, 0.15) is 63.5 Å². The zero-order valence-electron chi connectivity index (χ0n) is 15.3. The first-order chi connectivity index (χ1) is 11.6. The third-order valence-electron chi connectivity index (χ3n) is 5.77. The van der Waals surface area contributed by atoms with Gasteiger partial charge in [-0.25, -0.2) is 0 Å². The zero-order chi connectivity index (χ0) is 17.6. The maximum Gasteiger partial charge on any atom is 0.0991 e. The van der Waals surface area contributed by atoms with E-state index in [9.17, 15) is 0 Å². The van der Waals surface area contributed by atoms with E-state index in [0.29, 0.717) is 18.1 Å². The zero-order valence-corrected chi connectivity index (χ0v) is 15.3. The first kappa shape index (κ1) is 18.7. The molecule has 2 aliphatic rings. The minimum absolute atomic E-state index is 0.423. The first-order valence-electron chi connectivity index (χ1n) is 9.18. The summed E-state index contributed by atoms with van der Waals surface area (Å²) in [4.78, 5) is 4.15. The van der Waals surface area contributed by atoms with Crippen molar-refractivity contribution in [1.29, 1.82) is 5.26 Å². The predicted molar refractivity (Wildman–Crippen MR) is 99.6 cm³/mol. The van der Waals surface area contributed by atoms with Gasteiger partial charge in [-0.2, -0.15) is 5.26 Å². The van der Waals surface area contributed by atoms with E-state index in [1.54, 1.807) is 12.3 Å². The lowest BCUT2D eigenvalue weighted by molar-refractivity contribution is 0.106. The number of rotatable bonds is 3. The Kier molecular flexibility index (Phi) is 6.57. The summed E-state index contributed by atoms with van der Waals surface area (Å²) < 4.78 is 0. The number of aliphatic imine (C=N–C) groups is 1. The minimum atomic E-state index is 0.423. The molecule has 0 bridgehead atoms. The molecular formula is C21H30N2O. The topological polar surface area (TPSA) is 56.4 Å². The standard InChI is InChI=1S/C11H20O.C10H10N2/c1-2-10-7-9(8-12)3-4-11(10)5-6-11;1-3-12-10-5-4-9(7-11)6-8(10)2/h9-10,12H,2-8H2,1H3;3-6H,1-2H3/t9?,10-;/m0./s1. The molecule has 1 unspecified atom stereocenters. The Morgan fingerprint density at radius 3 is 2.62 bits per heavy atom. The van der Waals surface area contributed by atoms with Crippen LogP contribution in [0.2, 0.25) is 0 Å². The van der Waals surface area contributed by atoms with Crippen LogP contribution in [0, 0.1) is 35.5 Å².